The highest BCUT2D eigenvalue weighted by Gasteiger charge is 2.29. The van der Waals surface area contributed by atoms with Crippen LogP contribution in [0, 0.1) is 5.92 Å². The molecule has 0 amide bonds. The number of benzene rings is 1. The Hall–Kier alpha value is -1.07. The molecule has 1 rings (SSSR count). The van der Waals surface area contributed by atoms with E-state index in [9.17, 15) is 13.2 Å². The maximum atomic E-state index is 12.5. The van der Waals surface area contributed by atoms with Crippen molar-refractivity contribution < 1.29 is 13.2 Å². The molecule has 1 aromatic rings. The van der Waals surface area contributed by atoms with Crippen LogP contribution in [0.25, 0.3) is 0 Å². The number of likely N-dealkylation sites (N-methyl/N-ethyl adjacent to an activating group) is 1. The third-order valence-electron chi connectivity index (χ3n) is 3.46. The molecule has 0 bridgehead atoms. The summed E-state index contributed by atoms with van der Waals surface area (Å²) < 4.78 is 37.4. The standard InChI is InChI=1S/C16H25F3N2/c1-12(2)9-15(21(3)4)11-20-10-13-5-7-14(8-6-13)16(17,18)19/h5-8,12,15,20H,9-11H2,1-4H3. The molecule has 120 valence electrons. The molecule has 1 N–H and O–H groups in total. The van der Waals surface area contributed by atoms with E-state index in [1.807, 2.05) is 14.1 Å². The molecular weight excluding hydrogens is 277 g/mol. The highest BCUT2D eigenvalue weighted by Crippen LogP contribution is 2.29. The first-order chi connectivity index (χ1) is 9.70. The van der Waals surface area contributed by atoms with E-state index >= 15 is 0 Å². The third-order valence-corrected chi connectivity index (χ3v) is 3.46. The Bertz CT molecular complexity index is 411. The Morgan fingerprint density at radius 2 is 1.67 bits per heavy atom. The summed E-state index contributed by atoms with van der Waals surface area (Å²) in [6.45, 7) is 5.78. The Kier molecular flexibility index (Phi) is 6.68. The van der Waals surface area contributed by atoms with Crippen LogP contribution in [-0.4, -0.2) is 31.6 Å². The van der Waals surface area contributed by atoms with Crippen LogP contribution in [0.15, 0.2) is 24.3 Å². The van der Waals surface area contributed by atoms with Gasteiger partial charge in [0.05, 0.1) is 5.56 Å². The fourth-order valence-corrected chi connectivity index (χ4v) is 2.22. The lowest BCUT2D eigenvalue weighted by Gasteiger charge is -2.26. The molecule has 5 heteroatoms. The minimum Gasteiger partial charge on any atom is -0.311 e. The minimum atomic E-state index is -4.26. The first-order valence-corrected chi connectivity index (χ1v) is 7.23. The van der Waals surface area contributed by atoms with E-state index < -0.39 is 11.7 Å². The van der Waals surface area contributed by atoms with Crippen molar-refractivity contribution in [3.8, 4) is 0 Å². The van der Waals surface area contributed by atoms with Crippen LogP contribution in [0.1, 0.15) is 31.4 Å². The third kappa shape index (κ3) is 6.48. The minimum absolute atomic E-state index is 0.430. The molecule has 0 aliphatic carbocycles. The molecule has 0 aliphatic rings. The molecule has 0 aliphatic heterocycles. The van der Waals surface area contributed by atoms with Crippen LogP contribution in [0.2, 0.25) is 0 Å². The summed E-state index contributed by atoms with van der Waals surface area (Å²) in [6.07, 6.45) is -3.17. The number of alkyl halides is 3. The van der Waals surface area contributed by atoms with Gasteiger partial charge in [0.15, 0.2) is 0 Å². The molecule has 1 atom stereocenters. The average molecular weight is 302 g/mol. The predicted octanol–water partition coefficient (Wildman–Crippen LogP) is 3.77. The van der Waals surface area contributed by atoms with Gasteiger partial charge in [-0.2, -0.15) is 13.2 Å². The highest BCUT2D eigenvalue weighted by molar-refractivity contribution is 5.24. The SMILES string of the molecule is CC(C)CC(CNCc1ccc(C(F)(F)F)cc1)N(C)C. The van der Waals surface area contributed by atoms with E-state index in [1.54, 1.807) is 0 Å². The molecule has 0 radical (unpaired) electrons. The maximum Gasteiger partial charge on any atom is 0.416 e. The van der Waals surface area contributed by atoms with Gasteiger partial charge in [0.1, 0.15) is 0 Å². The van der Waals surface area contributed by atoms with Crippen molar-refractivity contribution in [1.29, 1.82) is 0 Å². The van der Waals surface area contributed by atoms with E-state index in [0.717, 1.165) is 30.7 Å². The summed E-state index contributed by atoms with van der Waals surface area (Å²) >= 11 is 0. The van der Waals surface area contributed by atoms with Gasteiger partial charge < -0.3 is 10.2 Å². The van der Waals surface area contributed by atoms with Gasteiger partial charge in [-0.15, -0.1) is 0 Å². The molecule has 0 fully saturated rings. The quantitative estimate of drug-likeness (QED) is 0.825. The van der Waals surface area contributed by atoms with E-state index in [0.29, 0.717) is 18.5 Å². The van der Waals surface area contributed by atoms with Gasteiger partial charge in [-0.05, 0) is 44.1 Å². The monoisotopic (exact) mass is 302 g/mol. The Balaban J connectivity index is 2.48. The second kappa shape index (κ2) is 7.80. The van der Waals surface area contributed by atoms with Gasteiger partial charge in [-0.25, -0.2) is 0 Å². The Morgan fingerprint density at radius 1 is 1.10 bits per heavy atom. The van der Waals surface area contributed by atoms with Crippen LogP contribution in [0.5, 0.6) is 0 Å². The fraction of sp³-hybridized carbons (Fsp3) is 0.625. The van der Waals surface area contributed by atoms with E-state index in [2.05, 4.69) is 24.1 Å². The number of rotatable bonds is 7. The number of hydrogen-bond acceptors (Lipinski definition) is 2. The van der Waals surface area contributed by atoms with Crippen LogP contribution in [0.3, 0.4) is 0 Å². The summed E-state index contributed by atoms with van der Waals surface area (Å²) in [4.78, 5) is 2.18. The highest BCUT2D eigenvalue weighted by atomic mass is 19.4. The lowest BCUT2D eigenvalue weighted by Crippen LogP contribution is -2.38. The second-order valence-electron chi connectivity index (χ2n) is 6.07. The molecule has 21 heavy (non-hydrogen) atoms. The largest absolute Gasteiger partial charge is 0.416 e. The zero-order chi connectivity index (χ0) is 16.0. The van der Waals surface area contributed by atoms with Crippen molar-refractivity contribution in [1.82, 2.24) is 10.2 Å². The summed E-state index contributed by atoms with van der Waals surface area (Å²) in [6, 6.07) is 5.76. The van der Waals surface area contributed by atoms with Crippen LogP contribution >= 0.6 is 0 Å². The zero-order valence-electron chi connectivity index (χ0n) is 13.2. The normalized spacial score (nSPS) is 14.0. The topological polar surface area (TPSA) is 15.3 Å². The average Bonchev–Trinajstić information content (AvgIpc) is 2.36. The van der Waals surface area contributed by atoms with Crippen molar-refractivity contribution in [2.24, 2.45) is 5.92 Å². The van der Waals surface area contributed by atoms with E-state index in [-0.39, 0.29) is 0 Å². The van der Waals surface area contributed by atoms with Gasteiger partial charge in [0, 0.05) is 19.1 Å². The molecule has 2 nitrogen and oxygen atoms in total. The van der Waals surface area contributed by atoms with Crippen molar-refractivity contribution in [2.75, 3.05) is 20.6 Å². The van der Waals surface area contributed by atoms with Crippen LogP contribution < -0.4 is 5.32 Å². The van der Waals surface area contributed by atoms with Crippen molar-refractivity contribution >= 4 is 0 Å². The lowest BCUT2D eigenvalue weighted by atomic mass is 10.0. The maximum absolute atomic E-state index is 12.5. The van der Waals surface area contributed by atoms with Crippen LogP contribution in [0.4, 0.5) is 13.2 Å². The summed E-state index contributed by atoms with van der Waals surface area (Å²) in [7, 11) is 4.10. The van der Waals surface area contributed by atoms with Crippen molar-refractivity contribution in [3.63, 3.8) is 0 Å². The van der Waals surface area contributed by atoms with E-state index in [1.165, 1.54) is 12.1 Å². The van der Waals surface area contributed by atoms with Crippen molar-refractivity contribution in [2.45, 2.75) is 39.0 Å². The molecule has 0 spiro atoms. The fourth-order valence-electron chi connectivity index (χ4n) is 2.22. The van der Waals surface area contributed by atoms with Gasteiger partial charge in [-0.3, -0.25) is 0 Å². The molecule has 1 unspecified atom stereocenters. The number of hydrogen-bond donors (Lipinski definition) is 1. The Morgan fingerprint density at radius 3 is 2.10 bits per heavy atom. The number of nitrogens with zero attached hydrogens (tertiary/aromatic N) is 1. The smallest absolute Gasteiger partial charge is 0.311 e. The number of nitrogens with one attached hydrogen (secondary N) is 1. The molecule has 0 aromatic heterocycles. The lowest BCUT2D eigenvalue weighted by molar-refractivity contribution is -0.137. The van der Waals surface area contributed by atoms with Gasteiger partial charge in [0.2, 0.25) is 0 Å². The molecule has 1 aromatic carbocycles. The summed E-state index contributed by atoms with van der Waals surface area (Å²) in [5, 5.41) is 3.32. The summed E-state index contributed by atoms with van der Waals surface area (Å²) in [5.74, 6) is 0.616. The summed E-state index contributed by atoms with van der Waals surface area (Å²) in [5.41, 5.74) is 0.266. The van der Waals surface area contributed by atoms with Gasteiger partial charge in [-0.1, -0.05) is 26.0 Å². The second-order valence-corrected chi connectivity index (χ2v) is 6.07. The molecule has 0 heterocycles. The molecular formula is C16H25F3N2. The number of halogens is 3. The van der Waals surface area contributed by atoms with E-state index in [4.69, 9.17) is 0 Å². The first-order valence-electron chi connectivity index (χ1n) is 7.23. The van der Waals surface area contributed by atoms with Gasteiger partial charge >= 0.3 is 6.18 Å². The van der Waals surface area contributed by atoms with Crippen molar-refractivity contribution in [3.05, 3.63) is 35.4 Å². The van der Waals surface area contributed by atoms with Gasteiger partial charge in [0.25, 0.3) is 0 Å². The zero-order valence-corrected chi connectivity index (χ0v) is 13.2. The first kappa shape index (κ1) is 18.0. The molecule has 0 saturated carbocycles. The predicted molar refractivity (Wildman–Crippen MR) is 80.1 cm³/mol. The Labute approximate surface area is 125 Å². The van der Waals surface area contributed by atoms with Crippen LogP contribution in [-0.2, 0) is 12.7 Å². The molecule has 0 saturated heterocycles.